The van der Waals surface area contributed by atoms with Gasteiger partial charge >= 0.3 is 6.03 Å². The summed E-state index contributed by atoms with van der Waals surface area (Å²) in [5.74, 6) is 0. The second kappa shape index (κ2) is 7.22. The molecule has 1 aliphatic heterocycles. The van der Waals surface area contributed by atoms with E-state index in [0.29, 0.717) is 6.54 Å². The van der Waals surface area contributed by atoms with Crippen molar-refractivity contribution in [1.82, 2.24) is 15.2 Å². The van der Waals surface area contributed by atoms with Gasteiger partial charge in [0.1, 0.15) is 5.01 Å². The highest BCUT2D eigenvalue weighted by molar-refractivity contribution is 7.11. The van der Waals surface area contributed by atoms with E-state index in [0.717, 1.165) is 43.8 Å². The fourth-order valence-corrected chi connectivity index (χ4v) is 3.47. The Balaban J connectivity index is 1.79. The predicted molar refractivity (Wildman–Crippen MR) is 84.3 cm³/mol. The lowest BCUT2D eigenvalue weighted by Gasteiger charge is -2.40. The molecule has 0 radical (unpaired) electrons. The average Bonchev–Trinajstić information content (AvgIpc) is 3.00. The van der Waals surface area contributed by atoms with Gasteiger partial charge in [0.2, 0.25) is 0 Å². The van der Waals surface area contributed by atoms with Crippen LogP contribution in [0.15, 0.2) is 6.20 Å². The van der Waals surface area contributed by atoms with Gasteiger partial charge in [-0.05, 0) is 31.1 Å². The Morgan fingerprint density at radius 1 is 1.48 bits per heavy atom. The van der Waals surface area contributed by atoms with Gasteiger partial charge in [-0.2, -0.15) is 0 Å². The Hall–Kier alpha value is -1.14. The van der Waals surface area contributed by atoms with Crippen LogP contribution in [0.5, 0.6) is 0 Å². The minimum atomic E-state index is -0.0223. The van der Waals surface area contributed by atoms with Crippen molar-refractivity contribution in [3.8, 4) is 0 Å². The molecule has 0 bridgehead atoms. The summed E-state index contributed by atoms with van der Waals surface area (Å²) in [7, 11) is 0. The standard InChI is InChI=1S/C15H25N3O2S/c1-3-12-9-16-13(21-12)10-17-14(20)18-7-5-15(4-2,11-19)6-8-18/h9,19H,3-8,10-11H2,1-2H3,(H,17,20). The van der Waals surface area contributed by atoms with Crippen molar-refractivity contribution in [1.29, 1.82) is 0 Å². The topological polar surface area (TPSA) is 65.5 Å². The lowest BCUT2D eigenvalue weighted by atomic mass is 9.77. The summed E-state index contributed by atoms with van der Waals surface area (Å²) in [5, 5.41) is 13.4. The molecule has 2 N–H and O–H groups in total. The number of aryl methyl sites for hydroxylation is 1. The number of urea groups is 1. The summed E-state index contributed by atoms with van der Waals surface area (Å²) in [4.78, 5) is 19.6. The number of amides is 2. The van der Waals surface area contributed by atoms with E-state index in [4.69, 9.17) is 0 Å². The number of aliphatic hydroxyl groups excluding tert-OH is 1. The first-order valence-corrected chi connectivity index (χ1v) is 8.51. The fourth-order valence-electron chi connectivity index (χ4n) is 2.66. The molecule has 0 saturated carbocycles. The summed E-state index contributed by atoms with van der Waals surface area (Å²) in [6.45, 7) is 6.37. The third-order valence-electron chi connectivity index (χ3n) is 4.54. The van der Waals surface area contributed by atoms with Crippen LogP contribution in [0.4, 0.5) is 4.79 Å². The zero-order valence-electron chi connectivity index (χ0n) is 12.9. The van der Waals surface area contributed by atoms with Crippen LogP contribution in [0, 0.1) is 5.41 Å². The van der Waals surface area contributed by atoms with Crippen LogP contribution in [0.3, 0.4) is 0 Å². The molecular formula is C15H25N3O2S. The molecule has 0 aliphatic carbocycles. The molecule has 0 unspecified atom stereocenters. The molecule has 2 amide bonds. The molecule has 5 nitrogen and oxygen atoms in total. The zero-order valence-corrected chi connectivity index (χ0v) is 13.7. The maximum Gasteiger partial charge on any atom is 0.317 e. The van der Waals surface area contributed by atoms with Crippen molar-refractivity contribution in [2.24, 2.45) is 5.41 Å². The molecule has 0 aromatic carbocycles. The molecule has 2 heterocycles. The highest BCUT2D eigenvalue weighted by atomic mass is 32.1. The number of aromatic nitrogens is 1. The van der Waals surface area contributed by atoms with E-state index in [1.807, 2.05) is 11.1 Å². The molecule has 0 spiro atoms. The Labute approximate surface area is 130 Å². The zero-order chi connectivity index (χ0) is 15.3. The molecule has 1 fully saturated rings. The van der Waals surface area contributed by atoms with Crippen LogP contribution in [0.2, 0.25) is 0 Å². The molecule has 1 aromatic heterocycles. The molecule has 21 heavy (non-hydrogen) atoms. The van der Waals surface area contributed by atoms with Crippen LogP contribution in [0.1, 0.15) is 43.0 Å². The number of nitrogens with one attached hydrogen (secondary N) is 1. The van der Waals surface area contributed by atoms with Gasteiger partial charge in [0.25, 0.3) is 0 Å². The number of carbonyl (C=O) groups is 1. The fraction of sp³-hybridized carbons (Fsp3) is 0.733. The first-order chi connectivity index (χ1) is 10.1. The van der Waals surface area contributed by atoms with Crippen molar-refractivity contribution in [2.45, 2.75) is 46.1 Å². The van der Waals surface area contributed by atoms with E-state index in [2.05, 4.69) is 24.1 Å². The van der Waals surface area contributed by atoms with Crippen molar-refractivity contribution < 1.29 is 9.90 Å². The van der Waals surface area contributed by atoms with Gasteiger partial charge in [-0.15, -0.1) is 11.3 Å². The quantitative estimate of drug-likeness (QED) is 0.877. The summed E-state index contributed by atoms with van der Waals surface area (Å²) in [6, 6.07) is -0.0223. The summed E-state index contributed by atoms with van der Waals surface area (Å²) >= 11 is 1.65. The number of thiazole rings is 1. The van der Waals surface area contributed by atoms with E-state index < -0.39 is 0 Å². The maximum atomic E-state index is 12.2. The number of carbonyl (C=O) groups excluding carboxylic acids is 1. The first kappa shape index (κ1) is 16.2. The molecule has 1 saturated heterocycles. The molecule has 0 atom stereocenters. The molecular weight excluding hydrogens is 286 g/mol. The lowest BCUT2D eigenvalue weighted by Crippen LogP contribution is -2.48. The van der Waals surface area contributed by atoms with E-state index in [9.17, 15) is 9.90 Å². The maximum absolute atomic E-state index is 12.2. The average molecular weight is 311 g/mol. The second-order valence-corrected chi connectivity index (χ2v) is 6.93. The van der Waals surface area contributed by atoms with Crippen LogP contribution >= 0.6 is 11.3 Å². The van der Waals surface area contributed by atoms with E-state index >= 15 is 0 Å². The SMILES string of the molecule is CCc1cnc(CNC(=O)N2CCC(CC)(CO)CC2)s1. The largest absolute Gasteiger partial charge is 0.396 e. The van der Waals surface area contributed by atoms with Gasteiger partial charge < -0.3 is 15.3 Å². The van der Waals surface area contributed by atoms with Crippen LogP contribution in [-0.2, 0) is 13.0 Å². The van der Waals surface area contributed by atoms with Gasteiger partial charge in [-0.25, -0.2) is 9.78 Å². The predicted octanol–water partition coefficient (Wildman–Crippen LogP) is 2.40. The van der Waals surface area contributed by atoms with Gasteiger partial charge in [0.05, 0.1) is 6.54 Å². The third-order valence-corrected chi connectivity index (χ3v) is 5.68. The van der Waals surface area contributed by atoms with Gasteiger partial charge in [-0.3, -0.25) is 0 Å². The molecule has 1 aromatic rings. The number of hydrogen-bond acceptors (Lipinski definition) is 4. The second-order valence-electron chi connectivity index (χ2n) is 5.73. The third kappa shape index (κ3) is 3.95. The number of likely N-dealkylation sites (tertiary alicyclic amines) is 1. The normalized spacial score (nSPS) is 17.8. The lowest BCUT2D eigenvalue weighted by molar-refractivity contribution is 0.0519. The highest BCUT2D eigenvalue weighted by Gasteiger charge is 2.33. The van der Waals surface area contributed by atoms with Crippen molar-refractivity contribution >= 4 is 17.4 Å². The molecule has 6 heteroatoms. The van der Waals surface area contributed by atoms with Crippen molar-refractivity contribution in [3.63, 3.8) is 0 Å². The number of hydrogen-bond donors (Lipinski definition) is 2. The highest BCUT2D eigenvalue weighted by Crippen LogP contribution is 2.34. The van der Waals surface area contributed by atoms with Crippen LogP contribution in [-0.4, -0.2) is 40.7 Å². The minimum Gasteiger partial charge on any atom is -0.396 e. The Morgan fingerprint density at radius 2 is 2.19 bits per heavy atom. The smallest absolute Gasteiger partial charge is 0.317 e. The van der Waals surface area contributed by atoms with Crippen LogP contribution in [0.25, 0.3) is 0 Å². The van der Waals surface area contributed by atoms with E-state index in [1.165, 1.54) is 4.88 Å². The Bertz CT molecular complexity index is 461. The molecule has 2 rings (SSSR count). The van der Waals surface area contributed by atoms with Gasteiger partial charge in [0, 0.05) is 30.8 Å². The number of nitrogens with zero attached hydrogens (tertiary/aromatic N) is 2. The van der Waals surface area contributed by atoms with Crippen molar-refractivity contribution in [3.05, 3.63) is 16.1 Å². The molecule has 118 valence electrons. The van der Waals surface area contributed by atoms with E-state index in [-0.39, 0.29) is 18.1 Å². The summed E-state index contributed by atoms with van der Waals surface area (Å²) in [5.41, 5.74) is 0.0160. The summed E-state index contributed by atoms with van der Waals surface area (Å²) < 4.78 is 0. The van der Waals surface area contributed by atoms with Crippen LogP contribution < -0.4 is 5.32 Å². The number of piperidine rings is 1. The molecule has 1 aliphatic rings. The Kier molecular flexibility index (Phi) is 5.58. The Morgan fingerprint density at radius 3 is 2.71 bits per heavy atom. The van der Waals surface area contributed by atoms with Gasteiger partial charge in [0.15, 0.2) is 0 Å². The first-order valence-electron chi connectivity index (χ1n) is 7.69. The van der Waals surface area contributed by atoms with E-state index in [1.54, 1.807) is 11.3 Å². The minimum absolute atomic E-state index is 0.0160. The van der Waals surface area contributed by atoms with Crippen molar-refractivity contribution in [2.75, 3.05) is 19.7 Å². The van der Waals surface area contributed by atoms with Gasteiger partial charge in [-0.1, -0.05) is 13.8 Å². The summed E-state index contributed by atoms with van der Waals surface area (Å²) in [6.07, 6.45) is 5.59. The monoisotopic (exact) mass is 311 g/mol. The number of rotatable bonds is 5. The number of aliphatic hydroxyl groups is 1.